The Bertz CT molecular complexity index is 318. The van der Waals surface area contributed by atoms with Crippen LogP contribution in [0.3, 0.4) is 0 Å². The summed E-state index contributed by atoms with van der Waals surface area (Å²) in [5, 5.41) is 0. The fraction of sp³-hybridized carbons (Fsp3) is 1.00. The van der Waals surface area contributed by atoms with Crippen LogP contribution in [0.25, 0.3) is 0 Å². The second-order valence-corrected chi connectivity index (χ2v) is 8.58. The molecule has 0 aliphatic heterocycles. The average Bonchev–Trinajstić information content (AvgIpc) is 2.65. The first-order valence-corrected chi connectivity index (χ1v) is 13.3. The first kappa shape index (κ1) is 33.4. The fourth-order valence-corrected chi connectivity index (χ4v) is 2.91. The molecule has 29 heavy (non-hydrogen) atoms. The number of rotatable bonds is 18. The van der Waals surface area contributed by atoms with Crippen LogP contribution in [0.15, 0.2) is 0 Å². The molecule has 0 spiro atoms. The third-order valence-electron chi connectivity index (χ3n) is 4.62. The van der Waals surface area contributed by atoms with Gasteiger partial charge in [0.2, 0.25) is 0 Å². The van der Waals surface area contributed by atoms with Crippen molar-refractivity contribution in [2.45, 2.75) is 129 Å². The van der Waals surface area contributed by atoms with Gasteiger partial charge in [0.1, 0.15) is 0 Å². The van der Waals surface area contributed by atoms with E-state index in [0.717, 1.165) is 13.1 Å². The van der Waals surface area contributed by atoms with Crippen molar-refractivity contribution in [3.63, 3.8) is 0 Å². The van der Waals surface area contributed by atoms with E-state index >= 15 is 0 Å². The van der Waals surface area contributed by atoms with Gasteiger partial charge in [0.05, 0.1) is 0 Å². The third kappa shape index (κ3) is 58.4. The van der Waals surface area contributed by atoms with Gasteiger partial charge in [-0.1, -0.05) is 117 Å². The monoisotopic (exact) mass is 440 g/mol. The van der Waals surface area contributed by atoms with Crippen LogP contribution < -0.4 is 11.5 Å². The predicted molar refractivity (Wildman–Crippen MR) is 127 cm³/mol. The largest absolute Gasteiger partial charge is 0.394 e. The second-order valence-electron chi connectivity index (χ2n) is 7.68. The fourth-order valence-electron chi connectivity index (χ4n) is 2.91. The van der Waals surface area contributed by atoms with Crippen LogP contribution in [-0.2, 0) is 10.4 Å². The van der Waals surface area contributed by atoms with Crippen LogP contribution in [0.2, 0.25) is 0 Å². The maximum absolute atomic E-state index is 8.74. The van der Waals surface area contributed by atoms with E-state index in [-0.39, 0.29) is 0 Å². The zero-order valence-electron chi connectivity index (χ0n) is 19.4. The van der Waals surface area contributed by atoms with Crippen LogP contribution in [0.4, 0.5) is 0 Å². The molecular weight excluding hydrogens is 388 g/mol. The van der Waals surface area contributed by atoms with E-state index in [1.165, 1.54) is 116 Å². The van der Waals surface area contributed by atoms with Gasteiger partial charge in [0.25, 0.3) is 0 Å². The summed E-state index contributed by atoms with van der Waals surface area (Å²) < 4.78 is 31.6. The van der Waals surface area contributed by atoms with Gasteiger partial charge >= 0.3 is 10.4 Å². The Labute approximate surface area is 182 Å². The molecular formula is C22H52N2O4S. The molecule has 0 radical (unpaired) electrons. The van der Waals surface area contributed by atoms with Crippen molar-refractivity contribution in [3.8, 4) is 0 Å². The molecule has 0 aromatic carbocycles. The molecule has 0 fully saturated rings. The summed E-state index contributed by atoms with van der Waals surface area (Å²) in [6, 6.07) is 0. The first-order chi connectivity index (χ1) is 13.8. The Hall–Kier alpha value is -0.210. The number of unbranched alkanes of at least 4 members (excludes halogenated alkanes) is 16. The Morgan fingerprint density at radius 2 is 0.655 bits per heavy atom. The predicted octanol–water partition coefficient (Wildman–Crippen LogP) is 6.30. The third-order valence-corrected chi connectivity index (χ3v) is 4.62. The summed E-state index contributed by atoms with van der Waals surface area (Å²) in [6.07, 6.45) is 24.9. The van der Waals surface area contributed by atoms with Crippen LogP contribution in [0.1, 0.15) is 129 Å². The zero-order valence-corrected chi connectivity index (χ0v) is 20.2. The molecule has 0 saturated carbocycles. The molecule has 0 amide bonds. The van der Waals surface area contributed by atoms with Gasteiger partial charge in [-0.3, -0.25) is 9.11 Å². The summed E-state index contributed by atoms with van der Waals surface area (Å²) in [4.78, 5) is 0. The molecule has 6 nitrogen and oxygen atoms in total. The van der Waals surface area contributed by atoms with Gasteiger partial charge in [-0.2, -0.15) is 8.42 Å². The van der Waals surface area contributed by atoms with E-state index in [0.29, 0.717) is 0 Å². The highest BCUT2D eigenvalue weighted by atomic mass is 32.3. The van der Waals surface area contributed by atoms with E-state index in [4.69, 9.17) is 29.0 Å². The maximum Gasteiger partial charge on any atom is 0.394 e. The van der Waals surface area contributed by atoms with Gasteiger partial charge in [-0.05, 0) is 25.9 Å². The molecule has 0 heterocycles. The molecule has 0 saturated heterocycles. The standard InChI is InChI=1S/2C11H25N.H2O4S/c2*1-2-3-4-5-6-7-8-9-10-11-12;1-5(2,3)4/h2*2-12H2,1H3;(H2,1,2,3,4). The highest BCUT2D eigenvalue weighted by molar-refractivity contribution is 7.79. The summed E-state index contributed by atoms with van der Waals surface area (Å²) in [7, 11) is -4.67. The Morgan fingerprint density at radius 3 is 0.828 bits per heavy atom. The molecule has 0 bridgehead atoms. The number of hydrogen-bond donors (Lipinski definition) is 4. The van der Waals surface area contributed by atoms with Crippen molar-refractivity contribution in [2.75, 3.05) is 13.1 Å². The minimum atomic E-state index is -4.67. The molecule has 7 heteroatoms. The van der Waals surface area contributed by atoms with Gasteiger partial charge in [-0.15, -0.1) is 0 Å². The maximum atomic E-state index is 8.74. The van der Waals surface area contributed by atoms with Crippen LogP contribution in [0.5, 0.6) is 0 Å². The lowest BCUT2D eigenvalue weighted by molar-refractivity contribution is 0.381. The van der Waals surface area contributed by atoms with Gasteiger partial charge in [0, 0.05) is 0 Å². The van der Waals surface area contributed by atoms with E-state index in [1.807, 2.05) is 0 Å². The average molecular weight is 441 g/mol. The highest BCUT2D eigenvalue weighted by Crippen LogP contribution is 2.09. The topological polar surface area (TPSA) is 127 Å². The van der Waals surface area contributed by atoms with Gasteiger partial charge in [0.15, 0.2) is 0 Å². The minimum absolute atomic E-state index is 0.871. The van der Waals surface area contributed by atoms with Crippen molar-refractivity contribution >= 4 is 10.4 Å². The summed E-state index contributed by atoms with van der Waals surface area (Å²) in [6.45, 7) is 6.27. The molecule has 6 N–H and O–H groups in total. The SMILES string of the molecule is CCCCCCCCCCCN.CCCCCCCCCCCN.O=S(=O)(O)O. The Balaban J connectivity index is -0.000000380. The molecule has 0 aliphatic rings. The zero-order chi connectivity index (χ0) is 22.6. The lowest BCUT2D eigenvalue weighted by Gasteiger charge is -1.99. The van der Waals surface area contributed by atoms with Crippen molar-refractivity contribution in [1.29, 1.82) is 0 Å². The summed E-state index contributed by atoms with van der Waals surface area (Å²) >= 11 is 0. The number of hydrogen-bond acceptors (Lipinski definition) is 4. The molecule has 0 rings (SSSR count). The van der Waals surface area contributed by atoms with Gasteiger partial charge < -0.3 is 11.5 Å². The van der Waals surface area contributed by atoms with Crippen LogP contribution in [0, 0.1) is 0 Å². The molecule has 0 unspecified atom stereocenters. The van der Waals surface area contributed by atoms with Crippen molar-refractivity contribution in [3.05, 3.63) is 0 Å². The number of nitrogens with two attached hydrogens (primary N) is 2. The lowest BCUT2D eigenvalue weighted by Crippen LogP contribution is -1.97. The molecule has 0 aromatic heterocycles. The molecule has 180 valence electrons. The normalized spacial score (nSPS) is 10.7. The van der Waals surface area contributed by atoms with E-state index in [1.54, 1.807) is 0 Å². The second kappa shape index (κ2) is 30.0. The summed E-state index contributed by atoms with van der Waals surface area (Å²) in [5.74, 6) is 0. The van der Waals surface area contributed by atoms with Crippen molar-refractivity contribution < 1.29 is 17.5 Å². The molecule has 0 aliphatic carbocycles. The molecule has 0 aromatic rings. The van der Waals surface area contributed by atoms with E-state index < -0.39 is 10.4 Å². The van der Waals surface area contributed by atoms with Gasteiger partial charge in [-0.25, -0.2) is 0 Å². The Kier molecular flexibility index (Phi) is 34.6. The van der Waals surface area contributed by atoms with Crippen molar-refractivity contribution in [2.24, 2.45) is 11.5 Å². The van der Waals surface area contributed by atoms with Crippen molar-refractivity contribution in [1.82, 2.24) is 0 Å². The molecule has 0 atom stereocenters. The first-order valence-electron chi connectivity index (χ1n) is 11.9. The van der Waals surface area contributed by atoms with E-state index in [2.05, 4.69) is 13.8 Å². The lowest BCUT2D eigenvalue weighted by atomic mass is 10.1. The minimum Gasteiger partial charge on any atom is -0.330 e. The smallest absolute Gasteiger partial charge is 0.330 e. The summed E-state index contributed by atoms with van der Waals surface area (Å²) in [5.41, 5.74) is 10.8. The van der Waals surface area contributed by atoms with Crippen LogP contribution in [-0.4, -0.2) is 30.6 Å². The Morgan fingerprint density at radius 1 is 0.483 bits per heavy atom. The highest BCUT2D eigenvalue weighted by Gasteiger charge is 1.91. The van der Waals surface area contributed by atoms with E-state index in [9.17, 15) is 0 Å². The van der Waals surface area contributed by atoms with Crippen LogP contribution >= 0.6 is 0 Å². The quantitative estimate of drug-likeness (QED) is 0.146.